The number of amides is 1. The zero-order chi connectivity index (χ0) is 23.8. The number of carbonyl (C=O) groups excluding carboxylic acids is 1. The zero-order valence-corrected chi connectivity index (χ0v) is 19.0. The monoisotopic (exact) mass is 463 g/mol. The molecular weight excluding hydrogens is 429 g/mol. The highest BCUT2D eigenvalue weighted by molar-refractivity contribution is 7.86. The summed E-state index contributed by atoms with van der Waals surface area (Å²) in [6.07, 6.45) is 1.78. The molecule has 1 saturated heterocycles. The Bertz CT molecular complexity index is 792. The first-order chi connectivity index (χ1) is 14.2. The van der Waals surface area contributed by atoms with Crippen LogP contribution in [0.5, 0.6) is 0 Å². The van der Waals surface area contributed by atoms with Crippen molar-refractivity contribution in [3.63, 3.8) is 0 Å². The summed E-state index contributed by atoms with van der Waals surface area (Å²) in [7, 11) is -4.23. The molecule has 2 fully saturated rings. The van der Waals surface area contributed by atoms with Crippen LogP contribution in [0.15, 0.2) is 0 Å². The van der Waals surface area contributed by atoms with Crippen molar-refractivity contribution in [2.24, 2.45) is 17.4 Å². The van der Waals surface area contributed by atoms with Crippen molar-refractivity contribution in [3.05, 3.63) is 0 Å². The number of carboxylic acids is 1. The maximum atomic E-state index is 13.3. The summed E-state index contributed by atoms with van der Waals surface area (Å²) >= 11 is 0. The van der Waals surface area contributed by atoms with E-state index >= 15 is 0 Å². The van der Waals surface area contributed by atoms with E-state index in [1.807, 2.05) is 0 Å². The van der Waals surface area contributed by atoms with Crippen molar-refractivity contribution in [1.29, 1.82) is 0 Å². The Morgan fingerprint density at radius 3 is 2.35 bits per heavy atom. The second-order valence-electron chi connectivity index (χ2n) is 8.89. The van der Waals surface area contributed by atoms with Crippen molar-refractivity contribution < 1.29 is 33.2 Å². The van der Waals surface area contributed by atoms with E-state index in [0.29, 0.717) is 12.8 Å². The van der Waals surface area contributed by atoms with Crippen LogP contribution in [-0.4, -0.2) is 94.5 Å². The van der Waals surface area contributed by atoms with E-state index in [4.69, 9.17) is 21.5 Å². The van der Waals surface area contributed by atoms with Crippen LogP contribution in [0, 0.1) is 5.92 Å². The fourth-order valence-corrected chi connectivity index (χ4v) is 5.72. The van der Waals surface area contributed by atoms with Gasteiger partial charge in [-0.25, -0.2) is 4.79 Å². The molecule has 0 spiro atoms. The van der Waals surface area contributed by atoms with Gasteiger partial charge in [0.1, 0.15) is 0 Å². The molecule has 1 amide bonds. The molecule has 0 aromatic heterocycles. The molecule has 1 aliphatic carbocycles. The predicted molar refractivity (Wildman–Crippen MR) is 114 cm³/mol. The molecule has 1 saturated carbocycles. The van der Waals surface area contributed by atoms with E-state index in [1.165, 1.54) is 14.0 Å². The third-order valence-corrected chi connectivity index (χ3v) is 8.57. The SMILES string of the molecule is CC(N(C)S(=O)(=O)N1C[C@H](CCCB(O)O)[C@](NC(=O)[C@H](C)N)(C(=O)O)C1)C1(N)CC1. The van der Waals surface area contributed by atoms with E-state index in [9.17, 15) is 23.1 Å². The van der Waals surface area contributed by atoms with Gasteiger partial charge < -0.3 is 31.9 Å². The maximum absolute atomic E-state index is 13.3. The number of carboxylic acid groups (broad SMARTS) is 1. The van der Waals surface area contributed by atoms with E-state index in [2.05, 4.69) is 5.32 Å². The quantitative estimate of drug-likeness (QED) is 0.179. The lowest BCUT2D eigenvalue weighted by atomic mass is 9.78. The van der Waals surface area contributed by atoms with Gasteiger partial charge >= 0.3 is 13.1 Å². The highest BCUT2D eigenvalue weighted by Gasteiger charge is 2.57. The van der Waals surface area contributed by atoms with Gasteiger partial charge in [-0.05, 0) is 39.4 Å². The summed E-state index contributed by atoms with van der Waals surface area (Å²) in [6.45, 7) is 2.49. The van der Waals surface area contributed by atoms with E-state index in [0.717, 1.165) is 8.61 Å². The highest BCUT2D eigenvalue weighted by atomic mass is 32.2. The lowest BCUT2D eigenvalue weighted by Crippen LogP contribution is -2.63. The Kier molecular flexibility index (Phi) is 7.79. The molecule has 8 N–H and O–H groups in total. The topological polar surface area (TPSA) is 200 Å². The molecular formula is C17H34BN5O7S. The third-order valence-electron chi connectivity index (χ3n) is 6.60. The van der Waals surface area contributed by atoms with Crippen LogP contribution < -0.4 is 16.8 Å². The minimum Gasteiger partial charge on any atom is -0.479 e. The molecule has 4 atom stereocenters. The van der Waals surface area contributed by atoms with Crippen molar-refractivity contribution in [3.8, 4) is 0 Å². The lowest BCUT2D eigenvalue weighted by molar-refractivity contribution is -0.149. The Morgan fingerprint density at radius 2 is 1.90 bits per heavy atom. The molecule has 14 heteroatoms. The van der Waals surface area contributed by atoms with Crippen molar-refractivity contribution in [2.75, 3.05) is 20.1 Å². The van der Waals surface area contributed by atoms with Gasteiger partial charge in [0.25, 0.3) is 10.2 Å². The van der Waals surface area contributed by atoms with E-state index in [-0.39, 0.29) is 25.7 Å². The van der Waals surface area contributed by atoms with Crippen LogP contribution in [0.4, 0.5) is 0 Å². The Morgan fingerprint density at radius 1 is 1.32 bits per heavy atom. The Labute approximate surface area is 183 Å². The number of nitrogens with one attached hydrogen (secondary N) is 1. The molecule has 2 rings (SSSR count). The van der Waals surface area contributed by atoms with Gasteiger partial charge in [-0.15, -0.1) is 0 Å². The lowest BCUT2D eigenvalue weighted by Gasteiger charge is -2.33. The average Bonchev–Trinajstić information content (AvgIpc) is 3.30. The molecule has 0 radical (unpaired) electrons. The number of likely N-dealkylation sites (N-methyl/N-ethyl adjacent to an activating group) is 1. The van der Waals surface area contributed by atoms with Crippen LogP contribution >= 0.6 is 0 Å². The average molecular weight is 463 g/mol. The Balaban J connectivity index is 2.33. The first-order valence-corrected chi connectivity index (χ1v) is 11.8. The molecule has 0 aromatic rings. The van der Waals surface area contributed by atoms with Gasteiger partial charge in [-0.2, -0.15) is 17.0 Å². The van der Waals surface area contributed by atoms with E-state index in [1.54, 1.807) is 6.92 Å². The molecule has 1 unspecified atom stereocenters. The summed E-state index contributed by atoms with van der Waals surface area (Å²) in [4.78, 5) is 24.6. The van der Waals surface area contributed by atoms with Crippen LogP contribution in [0.3, 0.4) is 0 Å². The number of hydrogen-bond donors (Lipinski definition) is 6. The second kappa shape index (κ2) is 9.29. The molecule has 1 heterocycles. The van der Waals surface area contributed by atoms with Crippen molar-refractivity contribution in [1.82, 2.24) is 13.9 Å². The second-order valence-corrected chi connectivity index (χ2v) is 10.9. The summed E-state index contributed by atoms with van der Waals surface area (Å²) in [5.74, 6) is -2.88. The molecule has 12 nitrogen and oxygen atoms in total. The summed E-state index contributed by atoms with van der Waals surface area (Å²) in [6, 6.07) is -1.48. The van der Waals surface area contributed by atoms with Crippen LogP contribution in [-0.2, 0) is 19.8 Å². The first kappa shape index (κ1) is 26.0. The highest BCUT2D eigenvalue weighted by Crippen LogP contribution is 2.40. The molecule has 2 aliphatic rings. The smallest absolute Gasteiger partial charge is 0.451 e. The zero-order valence-electron chi connectivity index (χ0n) is 18.2. The van der Waals surface area contributed by atoms with Crippen LogP contribution in [0.1, 0.15) is 39.5 Å². The van der Waals surface area contributed by atoms with Gasteiger partial charge in [0.05, 0.1) is 6.04 Å². The first-order valence-electron chi connectivity index (χ1n) is 10.4. The molecule has 31 heavy (non-hydrogen) atoms. The molecule has 178 valence electrons. The number of nitrogens with zero attached hydrogens (tertiary/aromatic N) is 2. The summed E-state index contributed by atoms with van der Waals surface area (Å²) in [5, 5.41) is 30.7. The fourth-order valence-electron chi connectivity index (χ4n) is 4.01. The predicted octanol–water partition coefficient (Wildman–Crippen LogP) is -2.49. The summed E-state index contributed by atoms with van der Waals surface area (Å²) < 4.78 is 28.8. The molecule has 0 bridgehead atoms. The van der Waals surface area contributed by atoms with Crippen molar-refractivity contribution >= 4 is 29.2 Å². The van der Waals surface area contributed by atoms with Gasteiger partial charge in [-0.3, -0.25) is 4.79 Å². The van der Waals surface area contributed by atoms with Gasteiger partial charge in [0.2, 0.25) is 5.91 Å². The minimum absolute atomic E-state index is 0.00713. The summed E-state index contributed by atoms with van der Waals surface area (Å²) in [5.41, 5.74) is 9.28. The van der Waals surface area contributed by atoms with Crippen LogP contribution in [0.2, 0.25) is 6.32 Å². The molecule has 0 aromatic carbocycles. The van der Waals surface area contributed by atoms with Gasteiger partial charge in [0.15, 0.2) is 5.54 Å². The standard InChI is InChI=1S/C17H34BN5O7S/c1-11(19)14(24)21-17(15(25)26)10-23(9-13(17)5-4-8-18(27)28)31(29,30)22(3)12(2)16(20)6-7-16/h11-13,27-28H,4-10,19-20H2,1-3H3,(H,21,24)(H,25,26)/t11-,12?,13-,17-/m0/s1. The molecule has 1 aliphatic heterocycles. The number of hydrogen-bond acceptors (Lipinski definition) is 8. The minimum atomic E-state index is -4.07. The van der Waals surface area contributed by atoms with Crippen molar-refractivity contribution in [2.45, 2.75) is 69.0 Å². The fraction of sp³-hybridized carbons (Fsp3) is 0.882. The number of nitrogens with two attached hydrogens (primary N) is 2. The van der Waals surface area contributed by atoms with Gasteiger partial charge in [0, 0.05) is 37.6 Å². The van der Waals surface area contributed by atoms with Gasteiger partial charge in [-0.1, -0.05) is 6.42 Å². The normalized spacial score (nSPS) is 27.7. The Hall–Kier alpha value is -1.29. The van der Waals surface area contributed by atoms with E-state index < -0.39 is 64.8 Å². The number of aliphatic carboxylic acids is 1. The maximum Gasteiger partial charge on any atom is 0.451 e. The number of rotatable bonds is 11. The third kappa shape index (κ3) is 5.38. The number of carbonyl (C=O) groups is 2. The van der Waals surface area contributed by atoms with Crippen LogP contribution in [0.25, 0.3) is 0 Å². The largest absolute Gasteiger partial charge is 0.479 e.